The molecule has 0 saturated carbocycles. The Balaban J connectivity index is 2.35. The monoisotopic (exact) mass is 312 g/mol. The highest BCUT2D eigenvalue weighted by atomic mass is 16.3. The molecule has 2 aromatic carbocycles. The van der Waals surface area contributed by atoms with E-state index in [9.17, 15) is 9.90 Å². The van der Waals surface area contributed by atoms with Gasteiger partial charge in [0.05, 0.1) is 11.3 Å². The SMILES string of the molecule is CN(C)c1ccccc1C(=O)Nc1cc(C(C)(C)C)ccc1O. The zero-order valence-corrected chi connectivity index (χ0v) is 14.3. The van der Waals surface area contributed by atoms with E-state index in [1.54, 1.807) is 12.1 Å². The van der Waals surface area contributed by atoms with Crippen LogP contribution in [0.25, 0.3) is 0 Å². The van der Waals surface area contributed by atoms with Crippen LogP contribution in [0.4, 0.5) is 11.4 Å². The quantitative estimate of drug-likeness (QED) is 0.842. The number of amides is 1. The van der Waals surface area contributed by atoms with Gasteiger partial charge in [0, 0.05) is 19.8 Å². The third-order valence-electron chi connectivity index (χ3n) is 3.74. The lowest BCUT2D eigenvalue weighted by atomic mass is 9.87. The summed E-state index contributed by atoms with van der Waals surface area (Å²) < 4.78 is 0. The van der Waals surface area contributed by atoms with Crippen molar-refractivity contribution in [1.29, 1.82) is 0 Å². The second-order valence-electron chi connectivity index (χ2n) is 6.85. The van der Waals surface area contributed by atoms with Crippen LogP contribution in [0.5, 0.6) is 5.75 Å². The third kappa shape index (κ3) is 3.83. The molecule has 4 heteroatoms. The molecule has 0 spiro atoms. The second kappa shape index (κ2) is 6.32. The summed E-state index contributed by atoms with van der Waals surface area (Å²) in [7, 11) is 3.79. The highest BCUT2D eigenvalue weighted by molar-refractivity contribution is 6.08. The number of rotatable bonds is 3. The largest absolute Gasteiger partial charge is 0.506 e. The van der Waals surface area contributed by atoms with Gasteiger partial charge in [0.25, 0.3) is 5.91 Å². The first-order valence-corrected chi connectivity index (χ1v) is 7.61. The van der Waals surface area contributed by atoms with Gasteiger partial charge < -0.3 is 15.3 Å². The normalized spacial score (nSPS) is 11.2. The molecular weight excluding hydrogens is 288 g/mol. The Morgan fingerprint density at radius 2 is 1.74 bits per heavy atom. The van der Waals surface area contributed by atoms with Gasteiger partial charge >= 0.3 is 0 Å². The predicted octanol–water partition coefficient (Wildman–Crippen LogP) is 4.01. The predicted molar refractivity (Wildman–Crippen MR) is 95.5 cm³/mol. The van der Waals surface area contributed by atoms with Crippen molar-refractivity contribution >= 4 is 17.3 Å². The summed E-state index contributed by atoms with van der Waals surface area (Å²) in [6.45, 7) is 6.27. The average Bonchev–Trinajstić information content (AvgIpc) is 2.48. The molecule has 0 radical (unpaired) electrons. The first-order valence-electron chi connectivity index (χ1n) is 7.61. The molecule has 122 valence electrons. The molecule has 0 heterocycles. The van der Waals surface area contributed by atoms with Crippen molar-refractivity contribution in [3.8, 4) is 5.75 Å². The maximum atomic E-state index is 12.6. The van der Waals surface area contributed by atoms with Gasteiger partial charge in [-0.3, -0.25) is 4.79 Å². The van der Waals surface area contributed by atoms with Crippen LogP contribution in [0.15, 0.2) is 42.5 Å². The Morgan fingerprint density at radius 3 is 2.35 bits per heavy atom. The van der Waals surface area contributed by atoms with Gasteiger partial charge in [-0.1, -0.05) is 39.0 Å². The maximum Gasteiger partial charge on any atom is 0.257 e. The van der Waals surface area contributed by atoms with Crippen molar-refractivity contribution in [2.45, 2.75) is 26.2 Å². The van der Waals surface area contributed by atoms with Gasteiger partial charge in [-0.15, -0.1) is 0 Å². The fourth-order valence-corrected chi connectivity index (χ4v) is 2.35. The number of hydrogen-bond acceptors (Lipinski definition) is 3. The smallest absolute Gasteiger partial charge is 0.257 e. The van der Waals surface area contributed by atoms with E-state index in [-0.39, 0.29) is 17.1 Å². The Kier molecular flexibility index (Phi) is 4.64. The molecule has 0 atom stereocenters. The number of carbonyl (C=O) groups excluding carboxylic acids is 1. The third-order valence-corrected chi connectivity index (χ3v) is 3.74. The van der Waals surface area contributed by atoms with Gasteiger partial charge in [-0.25, -0.2) is 0 Å². The molecule has 23 heavy (non-hydrogen) atoms. The molecular formula is C19H24N2O2. The summed E-state index contributed by atoms with van der Waals surface area (Å²) in [5.74, 6) is -0.177. The Bertz CT molecular complexity index is 716. The van der Waals surface area contributed by atoms with E-state index in [4.69, 9.17) is 0 Å². The topological polar surface area (TPSA) is 52.6 Å². The summed E-state index contributed by atoms with van der Waals surface area (Å²) in [5, 5.41) is 12.9. The van der Waals surface area contributed by atoms with Crippen LogP contribution in [0.1, 0.15) is 36.7 Å². The minimum absolute atomic E-state index is 0.0608. The Hall–Kier alpha value is -2.49. The number of nitrogens with zero attached hydrogens (tertiary/aromatic N) is 1. The number of carbonyl (C=O) groups is 1. The van der Waals surface area contributed by atoms with Gasteiger partial charge in [0.15, 0.2) is 0 Å². The maximum absolute atomic E-state index is 12.6. The van der Waals surface area contributed by atoms with Crippen LogP contribution in [0, 0.1) is 0 Å². The zero-order chi connectivity index (χ0) is 17.2. The van der Waals surface area contributed by atoms with Crippen LogP contribution < -0.4 is 10.2 Å². The minimum atomic E-state index is -0.240. The fraction of sp³-hybridized carbons (Fsp3) is 0.316. The highest BCUT2D eigenvalue weighted by Gasteiger charge is 2.18. The van der Waals surface area contributed by atoms with Gasteiger partial charge in [-0.2, -0.15) is 0 Å². The fourth-order valence-electron chi connectivity index (χ4n) is 2.35. The lowest BCUT2D eigenvalue weighted by molar-refractivity contribution is 0.102. The van der Waals surface area contributed by atoms with Crippen LogP contribution in [-0.4, -0.2) is 25.1 Å². The number of hydrogen-bond donors (Lipinski definition) is 2. The van der Waals surface area contributed by atoms with Crippen molar-refractivity contribution in [2.75, 3.05) is 24.3 Å². The van der Waals surface area contributed by atoms with Crippen LogP contribution >= 0.6 is 0 Å². The van der Waals surface area contributed by atoms with Gasteiger partial charge in [0.1, 0.15) is 5.75 Å². The van der Waals surface area contributed by atoms with Gasteiger partial charge in [-0.05, 0) is 35.2 Å². The van der Waals surface area contributed by atoms with Crippen molar-refractivity contribution in [3.05, 3.63) is 53.6 Å². The number of nitrogens with one attached hydrogen (secondary N) is 1. The molecule has 0 saturated heterocycles. The molecule has 0 aliphatic carbocycles. The van der Waals surface area contributed by atoms with Crippen LogP contribution in [0.2, 0.25) is 0 Å². The van der Waals surface area contributed by atoms with Crippen molar-refractivity contribution in [2.24, 2.45) is 0 Å². The molecule has 2 rings (SSSR count). The van der Waals surface area contributed by atoms with Crippen molar-refractivity contribution in [3.63, 3.8) is 0 Å². The van der Waals surface area contributed by atoms with E-state index in [2.05, 4.69) is 26.1 Å². The molecule has 2 N–H and O–H groups in total. The summed E-state index contributed by atoms with van der Waals surface area (Å²) in [4.78, 5) is 14.5. The molecule has 0 aromatic heterocycles. The number of anilines is 2. The first-order chi connectivity index (χ1) is 10.7. The van der Waals surface area contributed by atoms with Crippen LogP contribution in [0.3, 0.4) is 0 Å². The van der Waals surface area contributed by atoms with E-state index in [0.29, 0.717) is 11.3 Å². The summed E-state index contributed by atoms with van der Waals surface area (Å²) in [6, 6.07) is 12.7. The number of phenolic OH excluding ortho intramolecular Hbond substituents is 1. The molecule has 4 nitrogen and oxygen atoms in total. The lowest BCUT2D eigenvalue weighted by Crippen LogP contribution is -2.19. The molecule has 0 fully saturated rings. The first kappa shape index (κ1) is 16.9. The number of phenols is 1. The van der Waals surface area contributed by atoms with E-state index in [0.717, 1.165) is 11.3 Å². The standard InChI is InChI=1S/C19H24N2O2/c1-19(2,3)13-10-11-17(22)15(12-13)20-18(23)14-8-6-7-9-16(14)21(4)5/h6-12,22H,1-5H3,(H,20,23). The van der Waals surface area contributed by atoms with E-state index >= 15 is 0 Å². The molecule has 1 amide bonds. The highest BCUT2D eigenvalue weighted by Crippen LogP contribution is 2.31. The summed E-state index contributed by atoms with van der Waals surface area (Å²) in [6.07, 6.45) is 0. The lowest BCUT2D eigenvalue weighted by Gasteiger charge is -2.21. The second-order valence-corrected chi connectivity index (χ2v) is 6.85. The Labute approximate surface area is 137 Å². The van der Waals surface area contributed by atoms with Crippen LogP contribution in [-0.2, 0) is 5.41 Å². The average molecular weight is 312 g/mol. The zero-order valence-electron chi connectivity index (χ0n) is 14.3. The summed E-state index contributed by atoms with van der Waals surface area (Å²) in [5.41, 5.74) is 2.81. The number of aromatic hydroxyl groups is 1. The molecule has 0 aliphatic heterocycles. The number of para-hydroxylation sites is 1. The molecule has 0 unspecified atom stereocenters. The van der Waals surface area contributed by atoms with E-state index < -0.39 is 0 Å². The van der Waals surface area contributed by atoms with Gasteiger partial charge in [0.2, 0.25) is 0 Å². The van der Waals surface area contributed by atoms with Crippen molar-refractivity contribution in [1.82, 2.24) is 0 Å². The molecule has 0 bridgehead atoms. The molecule has 0 aliphatic rings. The minimum Gasteiger partial charge on any atom is -0.506 e. The number of benzene rings is 2. The van der Waals surface area contributed by atoms with Crippen molar-refractivity contribution < 1.29 is 9.90 Å². The van der Waals surface area contributed by atoms with E-state index in [1.807, 2.05) is 49.3 Å². The molecule has 2 aromatic rings. The van der Waals surface area contributed by atoms with E-state index in [1.165, 1.54) is 0 Å². The Morgan fingerprint density at radius 1 is 1.09 bits per heavy atom. The summed E-state index contributed by atoms with van der Waals surface area (Å²) >= 11 is 0.